The van der Waals surface area contributed by atoms with E-state index < -0.39 is 0 Å². The van der Waals surface area contributed by atoms with E-state index in [0.29, 0.717) is 0 Å². The van der Waals surface area contributed by atoms with E-state index in [-0.39, 0.29) is 6.04 Å². The average Bonchev–Trinajstić information content (AvgIpc) is 3.49. The molecule has 0 aliphatic heterocycles. The van der Waals surface area contributed by atoms with Crippen molar-refractivity contribution in [3.05, 3.63) is 70.3 Å². The first kappa shape index (κ1) is 21.2. The van der Waals surface area contributed by atoms with Crippen molar-refractivity contribution in [3.63, 3.8) is 0 Å². The first-order chi connectivity index (χ1) is 14.7. The van der Waals surface area contributed by atoms with Crippen molar-refractivity contribution in [1.82, 2.24) is 24.6 Å². The van der Waals surface area contributed by atoms with Crippen LogP contribution in [0.3, 0.4) is 0 Å². The van der Waals surface area contributed by atoms with E-state index in [2.05, 4.69) is 87.8 Å². The number of benzene rings is 1. The Hall–Kier alpha value is -2.00. The lowest BCUT2D eigenvalue weighted by Gasteiger charge is -2.23. The lowest BCUT2D eigenvalue weighted by Crippen LogP contribution is -2.23. The third-order valence-corrected chi connectivity index (χ3v) is 7.80. The van der Waals surface area contributed by atoms with Gasteiger partial charge < -0.3 is 4.57 Å². The van der Waals surface area contributed by atoms with Crippen LogP contribution in [-0.4, -0.2) is 38.7 Å². The van der Waals surface area contributed by atoms with Gasteiger partial charge in [-0.15, -0.1) is 32.9 Å². The Labute approximate surface area is 189 Å². The number of thiazole rings is 1. The Bertz CT molecular complexity index is 1050. The molecule has 0 aliphatic rings. The summed E-state index contributed by atoms with van der Waals surface area (Å²) in [4.78, 5) is 8.25. The fraction of sp³-hybridized carbons (Fsp3) is 0.318. The summed E-state index contributed by atoms with van der Waals surface area (Å²) in [7, 11) is 4.20. The number of rotatable bonds is 9. The molecule has 0 N–H and O–H groups in total. The molecule has 1 atom stereocenters. The van der Waals surface area contributed by atoms with Crippen molar-refractivity contribution in [3.8, 4) is 9.88 Å². The maximum atomic E-state index is 4.81. The molecule has 5 nitrogen and oxygen atoms in total. The van der Waals surface area contributed by atoms with Crippen molar-refractivity contribution in [1.29, 1.82) is 0 Å². The van der Waals surface area contributed by atoms with Crippen LogP contribution in [0.2, 0.25) is 0 Å². The van der Waals surface area contributed by atoms with Gasteiger partial charge in [-0.25, -0.2) is 4.98 Å². The summed E-state index contributed by atoms with van der Waals surface area (Å²) in [5.41, 5.74) is 2.34. The van der Waals surface area contributed by atoms with Gasteiger partial charge in [-0.3, -0.25) is 4.90 Å². The molecule has 1 unspecified atom stereocenters. The van der Waals surface area contributed by atoms with Crippen LogP contribution in [0.4, 0.5) is 0 Å². The molecule has 8 heteroatoms. The first-order valence-electron chi connectivity index (χ1n) is 9.90. The molecule has 4 aromatic rings. The van der Waals surface area contributed by atoms with Gasteiger partial charge in [0.15, 0.2) is 11.0 Å². The third kappa shape index (κ3) is 4.83. The lowest BCUT2D eigenvalue weighted by molar-refractivity contribution is 0.272. The molecular weight excluding hydrogens is 430 g/mol. The first-order valence-corrected chi connectivity index (χ1v) is 12.6. The van der Waals surface area contributed by atoms with Gasteiger partial charge in [-0.1, -0.05) is 55.1 Å². The molecule has 0 aliphatic carbocycles. The van der Waals surface area contributed by atoms with Crippen molar-refractivity contribution in [2.45, 2.75) is 36.8 Å². The number of thioether (sulfide) groups is 1. The number of hydrogen-bond acceptors (Lipinski definition) is 7. The minimum atomic E-state index is 0.236. The molecule has 0 amide bonds. The van der Waals surface area contributed by atoms with Crippen LogP contribution in [0.1, 0.15) is 36.5 Å². The molecule has 156 valence electrons. The quantitative estimate of drug-likeness (QED) is 0.298. The number of thiophene rings is 1. The lowest BCUT2D eigenvalue weighted by atomic mass is 10.2. The van der Waals surface area contributed by atoms with Crippen LogP contribution in [0.25, 0.3) is 9.88 Å². The SMILES string of the molecule is CCC(c1nnc(SCc2csc(-c3cccs3)n2)n1Cc1ccccc1)N(C)C. The van der Waals surface area contributed by atoms with E-state index in [4.69, 9.17) is 4.98 Å². The fourth-order valence-corrected chi connectivity index (χ4v) is 5.95. The second-order valence-corrected chi connectivity index (χ2v) is 9.96. The van der Waals surface area contributed by atoms with Crippen molar-refractivity contribution in [2.24, 2.45) is 0 Å². The zero-order chi connectivity index (χ0) is 20.9. The highest BCUT2D eigenvalue weighted by Gasteiger charge is 2.22. The highest BCUT2D eigenvalue weighted by molar-refractivity contribution is 7.98. The summed E-state index contributed by atoms with van der Waals surface area (Å²) < 4.78 is 2.26. The average molecular weight is 456 g/mol. The van der Waals surface area contributed by atoms with E-state index >= 15 is 0 Å². The van der Waals surface area contributed by atoms with Crippen LogP contribution < -0.4 is 0 Å². The summed E-state index contributed by atoms with van der Waals surface area (Å²) in [5.74, 6) is 1.81. The van der Waals surface area contributed by atoms with E-state index in [0.717, 1.165) is 40.4 Å². The summed E-state index contributed by atoms with van der Waals surface area (Å²) in [6, 6.07) is 14.9. The molecule has 0 bridgehead atoms. The molecular formula is C22H25N5S3. The fourth-order valence-electron chi connectivity index (χ4n) is 3.37. The van der Waals surface area contributed by atoms with Crippen LogP contribution in [0.5, 0.6) is 0 Å². The molecule has 1 aromatic carbocycles. The van der Waals surface area contributed by atoms with Crippen LogP contribution in [0.15, 0.2) is 58.4 Å². The Morgan fingerprint density at radius 1 is 1.07 bits per heavy atom. The summed E-state index contributed by atoms with van der Waals surface area (Å²) in [5, 5.41) is 15.4. The van der Waals surface area contributed by atoms with Gasteiger partial charge in [0.05, 0.1) is 23.2 Å². The van der Waals surface area contributed by atoms with Crippen molar-refractivity contribution in [2.75, 3.05) is 14.1 Å². The Balaban J connectivity index is 1.57. The molecule has 0 saturated carbocycles. The van der Waals surface area contributed by atoms with Gasteiger partial charge in [0.25, 0.3) is 0 Å². The molecule has 3 aromatic heterocycles. The van der Waals surface area contributed by atoms with E-state index in [1.54, 1.807) is 34.4 Å². The maximum Gasteiger partial charge on any atom is 0.191 e. The van der Waals surface area contributed by atoms with Crippen LogP contribution >= 0.6 is 34.4 Å². The normalized spacial score (nSPS) is 12.5. The monoisotopic (exact) mass is 455 g/mol. The molecule has 3 heterocycles. The second kappa shape index (κ2) is 9.87. The molecule has 0 spiro atoms. The van der Waals surface area contributed by atoms with Gasteiger partial charge in [0.2, 0.25) is 0 Å². The molecule has 0 fully saturated rings. The number of hydrogen-bond donors (Lipinski definition) is 0. The van der Waals surface area contributed by atoms with Crippen molar-refractivity contribution < 1.29 is 0 Å². The molecule has 4 rings (SSSR count). The Morgan fingerprint density at radius 3 is 2.60 bits per heavy atom. The minimum Gasteiger partial charge on any atom is -0.300 e. The van der Waals surface area contributed by atoms with Gasteiger partial charge >= 0.3 is 0 Å². The zero-order valence-corrected chi connectivity index (χ0v) is 19.8. The predicted molar refractivity (Wildman–Crippen MR) is 127 cm³/mol. The van der Waals surface area contributed by atoms with Gasteiger partial charge in [0, 0.05) is 11.1 Å². The second-order valence-electron chi connectivity index (χ2n) is 7.21. The maximum absolute atomic E-state index is 4.81. The summed E-state index contributed by atoms with van der Waals surface area (Å²) in [6.07, 6.45) is 0.987. The van der Waals surface area contributed by atoms with E-state index in [1.807, 2.05) is 6.07 Å². The van der Waals surface area contributed by atoms with Crippen molar-refractivity contribution >= 4 is 34.4 Å². The smallest absolute Gasteiger partial charge is 0.191 e. The summed E-state index contributed by atoms with van der Waals surface area (Å²) in [6.45, 7) is 2.97. The predicted octanol–water partition coefficient (Wildman–Crippen LogP) is 5.82. The van der Waals surface area contributed by atoms with E-state index in [9.17, 15) is 0 Å². The number of nitrogens with zero attached hydrogens (tertiary/aromatic N) is 5. The molecule has 0 radical (unpaired) electrons. The minimum absolute atomic E-state index is 0.236. The number of aromatic nitrogens is 4. The Kier molecular flexibility index (Phi) is 6.99. The third-order valence-electron chi connectivity index (χ3n) is 4.87. The largest absolute Gasteiger partial charge is 0.300 e. The molecule has 0 saturated heterocycles. The van der Waals surface area contributed by atoms with Gasteiger partial charge in [-0.2, -0.15) is 0 Å². The summed E-state index contributed by atoms with van der Waals surface area (Å²) >= 11 is 5.14. The van der Waals surface area contributed by atoms with Gasteiger partial charge in [-0.05, 0) is 37.5 Å². The zero-order valence-electron chi connectivity index (χ0n) is 17.4. The van der Waals surface area contributed by atoms with Crippen LogP contribution in [-0.2, 0) is 12.3 Å². The Morgan fingerprint density at radius 2 is 1.90 bits per heavy atom. The van der Waals surface area contributed by atoms with E-state index in [1.165, 1.54) is 10.4 Å². The highest BCUT2D eigenvalue weighted by atomic mass is 32.2. The highest BCUT2D eigenvalue weighted by Crippen LogP contribution is 2.31. The topological polar surface area (TPSA) is 46.8 Å². The van der Waals surface area contributed by atoms with Crippen LogP contribution in [0, 0.1) is 0 Å². The standard InChI is InChI=1S/C22H25N5S3/c1-4-18(26(2)3)20-24-25-22(27(20)13-16-9-6-5-7-10-16)30-15-17-14-29-21(23-17)19-11-8-12-28-19/h5-12,14,18H,4,13,15H2,1-3H3. The molecule has 30 heavy (non-hydrogen) atoms. The van der Waals surface area contributed by atoms with Gasteiger partial charge in [0.1, 0.15) is 5.01 Å².